The Kier molecular flexibility index (Phi) is 4.27. The predicted molar refractivity (Wildman–Crippen MR) is 75.1 cm³/mol. The fourth-order valence-corrected chi connectivity index (χ4v) is 2.38. The van der Waals surface area contributed by atoms with Crippen molar-refractivity contribution in [3.63, 3.8) is 0 Å². The molecule has 0 amide bonds. The van der Waals surface area contributed by atoms with Gasteiger partial charge in [-0.3, -0.25) is 4.90 Å². The smallest absolute Gasteiger partial charge is 0.123 e. The molecule has 1 fully saturated rings. The SMILES string of the molecule is CN1CCN(Cc2cc(F)ccc2C(N)=S)CC1. The van der Waals surface area contributed by atoms with E-state index in [1.165, 1.54) is 12.1 Å². The van der Waals surface area contributed by atoms with Crippen molar-refractivity contribution >= 4 is 17.2 Å². The number of piperazine rings is 1. The van der Waals surface area contributed by atoms with E-state index in [0.29, 0.717) is 11.5 Å². The molecule has 0 saturated carbocycles. The minimum atomic E-state index is -0.237. The molecule has 3 nitrogen and oxygen atoms in total. The number of hydrogen-bond donors (Lipinski definition) is 1. The van der Waals surface area contributed by atoms with Crippen molar-refractivity contribution in [1.82, 2.24) is 9.80 Å². The number of benzene rings is 1. The number of nitrogens with zero attached hydrogens (tertiary/aromatic N) is 2. The highest BCUT2D eigenvalue weighted by atomic mass is 32.1. The Morgan fingerprint density at radius 1 is 1.33 bits per heavy atom. The monoisotopic (exact) mass is 267 g/mol. The van der Waals surface area contributed by atoms with Gasteiger partial charge in [0.25, 0.3) is 0 Å². The Morgan fingerprint density at radius 3 is 2.61 bits per heavy atom. The van der Waals surface area contributed by atoms with E-state index < -0.39 is 0 Å². The highest BCUT2D eigenvalue weighted by molar-refractivity contribution is 7.80. The number of halogens is 1. The minimum absolute atomic E-state index is 0.237. The molecule has 0 spiro atoms. The van der Waals surface area contributed by atoms with Gasteiger partial charge in [-0.2, -0.15) is 0 Å². The number of thiocarbonyl (C=S) groups is 1. The third-order valence-electron chi connectivity index (χ3n) is 3.32. The van der Waals surface area contributed by atoms with Crippen LogP contribution in [0.4, 0.5) is 4.39 Å². The van der Waals surface area contributed by atoms with Crippen LogP contribution in [-0.4, -0.2) is 48.0 Å². The topological polar surface area (TPSA) is 32.5 Å². The molecule has 1 aliphatic rings. The van der Waals surface area contributed by atoms with Gasteiger partial charge in [-0.1, -0.05) is 12.2 Å². The van der Waals surface area contributed by atoms with Crippen molar-refractivity contribution in [3.05, 3.63) is 35.1 Å². The zero-order valence-electron chi connectivity index (χ0n) is 10.5. The first-order valence-electron chi connectivity index (χ1n) is 6.05. The Labute approximate surface area is 112 Å². The second-order valence-electron chi connectivity index (χ2n) is 4.75. The summed E-state index contributed by atoms with van der Waals surface area (Å²) in [5, 5.41) is 0. The molecule has 98 valence electrons. The molecule has 1 aromatic rings. The van der Waals surface area contributed by atoms with Crippen molar-refractivity contribution < 1.29 is 4.39 Å². The molecular weight excluding hydrogens is 249 g/mol. The molecule has 1 aromatic carbocycles. The average Bonchev–Trinajstić information content (AvgIpc) is 2.32. The van der Waals surface area contributed by atoms with Crippen molar-refractivity contribution in [2.45, 2.75) is 6.54 Å². The molecule has 0 aromatic heterocycles. The number of hydrogen-bond acceptors (Lipinski definition) is 3. The van der Waals surface area contributed by atoms with Crippen molar-refractivity contribution in [3.8, 4) is 0 Å². The van der Waals surface area contributed by atoms with Crippen LogP contribution in [0, 0.1) is 5.82 Å². The van der Waals surface area contributed by atoms with E-state index >= 15 is 0 Å². The standard InChI is InChI=1S/C13H18FN3S/c1-16-4-6-17(7-5-16)9-10-8-11(14)2-3-12(10)13(15)18/h2-3,8H,4-7,9H2,1H3,(H2,15,18). The maximum atomic E-state index is 13.3. The van der Waals surface area contributed by atoms with E-state index in [4.69, 9.17) is 18.0 Å². The lowest BCUT2D eigenvalue weighted by atomic mass is 10.1. The average molecular weight is 267 g/mol. The Bertz CT molecular complexity index is 442. The molecule has 1 heterocycles. The normalized spacial score (nSPS) is 17.9. The molecule has 1 aliphatic heterocycles. The highest BCUT2D eigenvalue weighted by Crippen LogP contribution is 2.15. The van der Waals surface area contributed by atoms with Gasteiger partial charge in [0.1, 0.15) is 10.8 Å². The Hall–Kier alpha value is -1.04. The van der Waals surface area contributed by atoms with Gasteiger partial charge in [0.2, 0.25) is 0 Å². The van der Waals surface area contributed by atoms with Gasteiger partial charge in [0.15, 0.2) is 0 Å². The van der Waals surface area contributed by atoms with E-state index in [1.807, 2.05) is 0 Å². The summed E-state index contributed by atoms with van der Waals surface area (Å²) in [4.78, 5) is 4.92. The van der Waals surface area contributed by atoms with Crippen LogP contribution in [0.5, 0.6) is 0 Å². The van der Waals surface area contributed by atoms with Gasteiger partial charge in [0.05, 0.1) is 0 Å². The Morgan fingerprint density at radius 2 is 2.00 bits per heavy atom. The molecule has 0 atom stereocenters. The van der Waals surface area contributed by atoms with Crippen LogP contribution < -0.4 is 5.73 Å². The minimum Gasteiger partial charge on any atom is -0.389 e. The number of likely N-dealkylation sites (N-methyl/N-ethyl adjacent to an activating group) is 1. The lowest BCUT2D eigenvalue weighted by Gasteiger charge is -2.32. The highest BCUT2D eigenvalue weighted by Gasteiger charge is 2.16. The summed E-state index contributed by atoms with van der Waals surface area (Å²) < 4.78 is 13.3. The second-order valence-corrected chi connectivity index (χ2v) is 5.18. The molecule has 0 unspecified atom stereocenters. The predicted octanol–water partition coefficient (Wildman–Crippen LogP) is 1.21. The molecule has 0 radical (unpaired) electrons. The summed E-state index contributed by atoms with van der Waals surface area (Å²) >= 11 is 5.01. The zero-order chi connectivity index (χ0) is 13.1. The maximum absolute atomic E-state index is 13.3. The summed E-state index contributed by atoms with van der Waals surface area (Å²) in [5.74, 6) is -0.237. The van der Waals surface area contributed by atoms with Gasteiger partial charge in [-0.15, -0.1) is 0 Å². The summed E-state index contributed by atoms with van der Waals surface area (Å²) in [6.07, 6.45) is 0. The molecule has 0 bridgehead atoms. The van der Waals surface area contributed by atoms with Crippen LogP contribution in [0.15, 0.2) is 18.2 Å². The summed E-state index contributed by atoms with van der Waals surface area (Å²) in [7, 11) is 2.11. The van der Waals surface area contributed by atoms with Crippen LogP contribution in [-0.2, 0) is 6.54 Å². The first-order chi connectivity index (χ1) is 8.56. The molecular formula is C13H18FN3S. The maximum Gasteiger partial charge on any atom is 0.123 e. The van der Waals surface area contributed by atoms with Gasteiger partial charge in [-0.05, 0) is 30.8 Å². The fraction of sp³-hybridized carbons (Fsp3) is 0.462. The summed E-state index contributed by atoms with van der Waals surface area (Å²) in [5.41, 5.74) is 7.34. The zero-order valence-corrected chi connectivity index (χ0v) is 11.3. The molecule has 18 heavy (non-hydrogen) atoms. The molecule has 1 saturated heterocycles. The van der Waals surface area contributed by atoms with Crippen LogP contribution in [0.3, 0.4) is 0 Å². The molecule has 2 rings (SSSR count). The van der Waals surface area contributed by atoms with Gasteiger partial charge < -0.3 is 10.6 Å². The second kappa shape index (κ2) is 5.73. The summed E-state index contributed by atoms with van der Waals surface area (Å²) in [6.45, 7) is 4.77. The number of rotatable bonds is 3. The van der Waals surface area contributed by atoms with E-state index in [0.717, 1.165) is 37.3 Å². The largest absolute Gasteiger partial charge is 0.389 e. The Balaban J connectivity index is 2.12. The van der Waals surface area contributed by atoms with Crippen molar-refractivity contribution in [1.29, 1.82) is 0 Å². The first kappa shape index (κ1) is 13.4. The van der Waals surface area contributed by atoms with Gasteiger partial charge >= 0.3 is 0 Å². The van der Waals surface area contributed by atoms with Crippen molar-refractivity contribution in [2.24, 2.45) is 5.73 Å². The van der Waals surface area contributed by atoms with Crippen LogP contribution in [0.25, 0.3) is 0 Å². The van der Waals surface area contributed by atoms with Crippen LogP contribution in [0.1, 0.15) is 11.1 Å². The lowest BCUT2D eigenvalue weighted by molar-refractivity contribution is 0.148. The lowest BCUT2D eigenvalue weighted by Crippen LogP contribution is -2.44. The molecule has 0 aliphatic carbocycles. The van der Waals surface area contributed by atoms with Gasteiger partial charge in [0, 0.05) is 38.3 Å². The van der Waals surface area contributed by atoms with E-state index in [9.17, 15) is 4.39 Å². The number of nitrogens with two attached hydrogens (primary N) is 1. The van der Waals surface area contributed by atoms with Gasteiger partial charge in [-0.25, -0.2) is 4.39 Å². The van der Waals surface area contributed by atoms with Crippen LogP contribution in [0.2, 0.25) is 0 Å². The fourth-order valence-electron chi connectivity index (χ4n) is 2.18. The first-order valence-corrected chi connectivity index (χ1v) is 6.46. The van der Waals surface area contributed by atoms with E-state index in [-0.39, 0.29) is 5.82 Å². The molecule has 2 N–H and O–H groups in total. The van der Waals surface area contributed by atoms with Crippen LogP contribution >= 0.6 is 12.2 Å². The summed E-state index contributed by atoms with van der Waals surface area (Å²) in [6, 6.07) is 4.61. The van der Waals surface area contributed by atoms with Crippen molar-refractivity contribution in [2.75, 3.05) is 33.2 Å². The third-order valence-corrected chi connectivity index (χ3v) is 3.54. The quantitative estimate of drug-likeness (QED) is 0.834. The third kappa shape index (κ3) is 3.25. The van der Waals surface area contributed by atoms with E-state index in [1.54, 1.807) is 6.07 Å². The van der Waals surface area contributed by atoms with E-state index in [2.05, 4.69) is 16.8 Å². The molecule has 5 heteroatoms.